The van der Waals surface area contributed by atoms with E-state index in [2.05, 4.69) is 17.0 Å². The molecule has 4 aromatic carbocycles. The number of para-hydroxylation sites is 1. The molecule has 0 spiro atoms. The van der Waals surface area contributed by atoms with Gasteiger partial charge in [-0.05, 0) is 47.5 Å². The van der Waals surface area contributed by atoms with Gasteiger partial charge in [0.25, 0.3) is 11.5 Å². The van der Waals surface area contributed by atoms with Gasteiger partial charge in [0.1, 0.15) is 5.82 Å². The minimum absolute atomic E-state index is 0.00833. The van der Waals surface area contributed by atoms with Gasteiger partial charge in [0.05, 0.1) is 17.4 Å². The largest absolute Gasteiger partial charge is 0.454 e. The fourth-order valence-electron chi connectivity index (χ4n) is 5.52. The van der Waals surface area contributed by atoms with Crippen LogP contribution in [0.3, 0.4) is 0 Å². The minimum atomic E-state index is -0.306. The fraction of sp³-hybridized carbons (Fsp3) is 0.206. The molecule has 2 aliphatic heterocycles. The molecule has 0 radical (unpaired) electrons. The molecule has 0 unspecified atom stereocenters. The summed E-state index contributed by atoms with van der Waals surface area (Å²) in [5.74, 6) is 1.03. The van der Waals surface area contributed by atoms with E-state index >= 15 is 0 Å². The number of fused-ring (bicyclic) bond motifs is 2. The lowest BCUT2D eigenvalue weighted by atomic mass is 10.1. The van der Waals surface area contributed by atoms with Crippen molar-refractivity contribution in [2.45, 2.75) is 17.5 Å². The third kappa shape index (κ3) is 5.60. The van der Waals surface area contributed by atoms with Crippen molar-refractivity contribution in [1.82, 2.24) is 14.5 Å². The molecule has 3 heterocycles. The lowest BCUT2D eigenvalue weighted by molar-refractivity contribution is 0.0746. The zero-order valence-electron chi connectivity index (χ0n) is 23.8. The summed E-state index contributed by atoms with van der Waals surface area (Å²) in [6, 6.07) is 27.5. The predicted molar refractivity (Wildman–Crippen MR) is 168 cm³/mol. The molecule has 0 bridgehead atoms. The summed E-state index contributed by atoms with van der Waals surface area (Å²) in [4.78, 5) is 36.1. The zero-order valence-corrected chi connectivity index (χ0v) is 24.6. The molecular formula is C34H29FN4O4S. The number of thioether (sulfide) groups is 1. The van der Waals surface area contributed by atoms with Crippen LogP contribution < -0.4 is 19.9 Å². The zero-order chi connectivity index (χ0) is 30.0. The second-order valence-corrected chi connectivity index (χ2v) is 11.6. The quantitative estimate of drug-likeness (QED) is 0.177. The molecule has 8 nitrogen and oxygen atoms in total. The summed E-state index contributed by atoms with van der Waals surface area (Å²) in [6.45, 7) is 3.17. The Kier molecular flexibility index (Phi) is 7.66. The number of aromatic nitrogens is 2. The number of amides is 1. The molecule has 44 heavy (non-hydrogen) atoms. The average molecular weight is 609 g/mol. The van der Waals surface area contributed by atoms with Gasteiger partial charge in [0, 0.05) is 49.2 Å². The summed E-state index contributed by atoms with van der Waals surface area (Å²) in [5.41, 5.74) is 3.39. The average Bonchev–Trinajstić information content (AvgIpc) is 3.53. The predicted octanol–water partition coefficient (Wildman–Crippen LogP) is 5.57. The third-order valence-corrected chi connectivity index (χ3v) is 8.98. The number of rotatable bonds is 7. The molecule has 2 aliphatic rings. The van der Waals surface area contributed by atoms with Crippen LogP contribution in [-0.2, 0) is 12.3 Å². The van der Waals surface area contributed by atoms with Gasteiger partial charge in [0.2, 0.25) is 6.79 Å². The number of halogens is 1. The van der Waals surface area contributed by atoms with Crippen LogP contribution in [0.2, 0.25) is 0 Å². The lowest BCUT2D eigenvalue weighted by Gasteiger charge is -2.36. The Hall–Kier alpha value is -4.83. The van der Waals surface area contributed by atoms with Crippen LogP contribution >= 0.6 is 11.8 Å². The first-order chi connectivity index (χ1) is 21.5. The molecule has 1 amide bonds. The molecule has 1 fully saturated rings. The molecule has 0 saturated carbocycles. The molecular weight excluding hydrogens is 579 g/mol. The van der Waals surface area contributed by atoms with E-state index in [9.17, 15) is 14.0 Å². The topological polar surface area (TPSA) is 76.9 Å². The van der Waals surface area contributed by atoms with Gasteiger partial charge in [-0.1, -0.05) is 60.3 Å². The Bertz CT molecular complexity index is 1890. The van der Waals surface area contributed by atoms with E-state index in [1.54, 1.807) is 34.9 Å². The summed E-state index contributed by atoms with van der Waals surface area (Å²) in [5, 5.41) is 0.868. The maximum absolute atomic E-state index is 14.4. The van der Waals surface area contributed by atoms with Gasteiger partial charge in [-0.2, -0.15) is 0 Å². The number of benzene rings is 4. The molecule has 1 saturated heterocycles. The lowest BCUT2D eigenvalue weighted by Crippen LogP contribution is -2.48. The van der Waals surface area contributed by atoms with E-state index < -0.39 is 0 Å². The first-order valence-corrected chi connectivity index (χ1v) is 15.4. The SMILES string of the molecule is O=C(c1ccc(Cn2c(SCc3ccccc3F)nc3cc4c(cc3c2=O)OCO4)cc1)N1CCN(c2ccccc2)CC1. The van der Waals surface area contributed by atoms with E-state index in [1.165, 1.54) is 23.5 Å². The van der Waals surface area contributed by atoms with E-state index in [0.717, 1.165) is 18.7 Å². The highest BCUT2D eigenvalue weighted by Gasteiger charge is 2.23. The second-order valence-electron chi connectivity index (χ2n) is 10.7. The summed E-state index contributed by atoms with van der Waals surface area (Å²) in [7, 11) is 0. The maximum Gasteiger partial charge on any atom is 0.262 e. The number of nitrogens with zero attached hydrogens (tertiary/aromatic N) is 4. The molecule has 0 atom stereocenters. The smallest absolute Gasteiger partial charge is 0.262 e. The van der Waals surface area contributed by atoms with Crippen molar-refractivity contribution < 1.29 is 18.7 Å². The normalized spacial score (nSPS) is 14.3. The molecule has 10 heteroatoms. The van der Waals surface area contributed by atoms with Crippen molar-refractivity contribution in [1.29, 1.82) is 0 Å². The number of ether oxygens (including phenoxy) is 2. The van der Waals surface area contributed by atoms with Crippen molar-refractivity contribution in [2.24, 2.45) is 0 Å². The number of carbonyl (C=O) groups is 1. The highest BCUT2D eigenvalue weighted by molar-refractivity contribution is 7.98. The van der Waals surface area contributed by atoms with Gasteiger partial charge in [-0.25, -0.2) is 9.37 Å². The van der Waals surface area contributed by atoms with Gasteiger partial charge < -0.3 is 19.3 Å². The molecule has 1 aromatic heterocycles. The highest BCUT2D eigenvalue weighted by Crippen LogP contribution is 2.35. The van der Waals surface area contributed by atoms with Crippen molar-refractivity contribution in [3.63, 3.8) is 0 Å². The van der Waals surface area contributed by atoms with Crippen molar-refractivity contribution in [2.75, 3.05) is 37.9 Å². The van der Waals surface area contributed by atoms with Gasteiger partial charge in [0.15, 0.2) is 16.7 Å². The second kappa shape index (κ2) is 12.0. The number of hydrogen-bond donors (Lipinski definition) is 0. The number of carbonyl (C=O) groups excluding carboxylic acids is 1. The molecule has 0 aliphatic carbocycles. The Morgan fingerprint density at radius 3 is 2.32 bits per heavy atom. The van der Waals surface area contributed by atoms with Gasteiger partial charge in [-0.3, -0.25) is 14.2 Å². The number of hydrogen-bond acceptors (Lipinski definition) is 7. The Balaban J connectivity index is 1.12. The van der Waals surface area contributed by atoms with Crippen LogP contribution in [0.5, 0.6) is 11.5 Å². The van der Waals surface area contributed by atoms with Crippen LogP contribution in [0.1, 0.15) is 21.5 Å². The van der Waals surface area contributed by atoms with Crippen molar-refractivity contribution >= 4 is 34.3 Å². The van der Waals surface area contributed by atoms with Crippen LogP contribution in [-0.4, -0.2) is 53.3 Å². The van der Waals surface area contributed by atoms with Crippen LogP contribution in [0.25, 0.3) is 10.9 Å². The van der Waals surface area contributed by atoms with Crippen LogP contribution in [0, 0.1) is 5.82 Å². The summed E-state index contributed by atoms with van der Waals surface area (Å²) in [6.07, 6.45) is 0. The molecule has 222 valence electrons. The summed E-state index contributed by atoms with van der Waals surface area (Å²) >= 11 is 1.30. The first kappa shape index (κ1) is 28.0. The minimum Gasteiger partial charge on any atom is -0.454 e. The fourth-order valence-corrected chi connectivity index (χ4v) is 6.51. The first-order valence-electron chi connectivity index (χ1n) is 14.4. The molecule has 0 N–H and O–H groups in total. The van der Waals surface area contributed by atoms with Crippen molar-refractivity contribution in [3.8, 4) is 11.5 Å². The molecule has 7 rings (SSSR count). The van der Waals surface area contributed by atoms with Gasteiger partial charge in [-0.15, -0.1) is 0 Å². The van der Waals surface area contributed by atoms with E-state index in [0.29, 0.717) is 57.5 Å². The van der Waals surface area contributed by atoms with E-state index in [1.807, 2.05) is 47.4 Å². The van der Waals surface area contributed by atoms with E-state index in [4.69, 9.17) is 14.5 Å². The number of anilines is 1. The third-order valence-electron chi connectivity index (χ3n) is 7.96. The number of piperazine rings is 1. The summed E-state index contributed by atoms with van der Waals surface area (Å²) < 4.78 is 27.0. The monoisotopic (exact) mass is 608 g/mol. The molecule has 5 aromatic rings. The van der Waals surface area contributed by atoms with Crippen molar-refractivity contribution in [3.05, 3.63) is 124 Å². The Morgan fingerprint density at radius 1 is 0.864 bits per heavy atom. The van der Waals surface area contributed by atoms with Crippen LogP contribution in [0.15, 0.2) is 101 Å². The standard InChI is InChI=1S/C34H29FN4O4S/c35-28-9-5-4-6-25(28)21-44-34-36-29-19-31-30(42-22-43-31)18-27(29)33(41)39(34)20-23-10-12-24(13-11-23)32(40)38-16-14-37(15-17-38)26-7-2-1-3-8-26/h1-13,18-19H,14-17,20-22H2. The maximum atomic E-state index is 14.4. The van der Waals surface area contributed by atoms with Gasteiger partial charge >= 0.3 is 0 Å². The Morgan fingerprint density at radius 2 is 1.57 bits per heavy atom. The van der Waals surface area contributed by atoms with Crippen LogP contribution in [0.4, 0.5) is 10.1 Å². The Labute approximate surface area is 257 Å². The van der Waals surface area contributed by atoms with E-state index in [-0.39, 0.29) is 30.6 Å². The highest BCUT2D eigenvalue weighted by atomic mass is 32.2.